The molecule has 4 aliphatic carbocycles. The van der Waals surface area contributed by atoms with Gasteiger partial charge in [0.25, 0.3) is 0 Å². The van der Waals surface area contributed by atoms with Crippen LogP contribution in [-0.2, 0) is 0 Å². The maximum Gasteiger partial charge on any atom is -0.0251 e. The molecule has 0 bridgehead atoms. The Morgan fingerprint density at radius 2 is 0.378 bits per heavy atom. The van der Waals surface area contributed by atoms with Gasteiger partial charge in [0, 0.05) is 0 Å². The van der Waals surface area contributed by atoms with Crippen molar-refractivity contribution >= 4 is 0 Å². The average Bonchev–Trinajstić information content (AvgIpc) is 3.54. The van der Waals surface area contributed by atoms with Crippen molar-refractivity contribution in [3.8, 4) is 0 Å². The van der Waals surface area contributed by atoms with Crippen LogP contribution in [0.5, 0.6) is 0 Å². The fraction of sp³-hybridized carbons (Fsp3) is 1.00. The second-order valence-electron chi connectivity index (χ2n) is 18.3. The molecule has 45 heavy (non-hydrogen) atoms. The minimum atomic E-state index is 0. The van der Waals surface area contributed by atoms with E-state index in [1.807, 2.05) is 0 Å². The highest BCUT2D eigenvalue weighted by Crippen LogP contribution is 2.57. The third-order valence-corrected chi connectivity index (χ3v) is 14.6. The lowest BCUT2D eigenvalue weighted by Crippen LogP contribution is -2.39. The second-order valence-corrected chi connectivity index (χ2v) is 18.3. The first-order valence-electron chi connectivity index (χ1n) is 19.4. The zero-order valence-electron chi connectivity index (χ0n) is 32.5. The lowest BCUT2D eigenvalue weighted by molar-refractivity contribution is 0.0135. The summed E-state index contributed by atoms with van der Waals surface area (Å²) in [5.74, 6) is 7.09. The molecule has 4 saturated carbocycles. The molecular weight excluding hydrogens is 540 g/mol. The summed E-state index contributed by atoms with van der Waals surface area (Å²) in [5, 5.41) is 0. The Morgan fingerprint density at radius 3 is 0.467 bits per heavy atom. The Morgan fingerprint density at radius 1 is 0.222 bits per heavy atom. The van der Waals surface area contributed by atoms with Gasteiger partial charge < -0.3 is 0 Å². The fourth-order valence-corrected chi connectivity index (χ4v) is 10.3. The molecule has 0 nitrogen and oxygen atoms in total. The second kappa shape index (κ2) is 21.2. The van der Waals surface area contributed by atoms with E-state index in [9.17, 15) is 0 Å². The van der Waals surface area contributed by atoms with Crippen molar-refractivity contribution in [1.29, 1.82) is 0 Å². The third-order valence-electron chi connectivity index (χ3n) is 14.6. The molecule has 4 rings (SSSR count). The predicted octanol–water partition coefficient (Wildman–Crippen LogP) is 16.6. The number of hydrogen-bond donors (Lipinski definition) is 0. The molecule has 0 saturated heterocycles. The maximum absolute atomic E-state index is 2.41. The van der Waals surface area contributed by atoms with Gasteiger partial charge in [-0.25, -0.2) is 0 Å². The standard InChI is InChI=1S/C12H24.C11H22.C10H20.C9H18.3CH4/c1-10(2)12(11(3)4)8-6-5-7-9-12;1-9(2)11(10(3)4)7-5-6-8-11;1-8(2)10(9(3)4)6-5-7-10;1-7(2)9(5-6-9)8(3)4;;;/h10-11H,5-9H2,1-4H3;9-10H,5-8H2,1-4H3;8-9H,5-7H2,1-4H3;7-8H,5-6H2,1-4H3;3*1H4. The molecule has 0 heterocycles. The largest absolute Gasteiger partial charge is 0.0776 e. The Bertz CT molecular complexity index is 654. The highest BCUT2D eigenvalue weighted by atomic mass is 14.5. The molecule has 0 heteroatoms. The van der Waals surface area contributed by atoms with Crippen molar-refractivity contribution in [3.05, 3.63) is 0 Å². The van der Waals surface area contributed by atoms with Crippen LogP contribution in [0, 0.1) is 69.0 Å². The van der Waals surface area contributed by atoms with Crippen LogP contribution in [0.15, 0.2) is 0 Å². The van der Waals surface area contributed by atoms with Gasteiger partial charge in [0.2, 0.25) is 0 Å². The highest BCUT2D eigenvalue weighted by Gasteiger charge is 2.47. The van der Waals surface area contributed by atoms with Gasteiger partial charge in [0.1, 0.15) is 0 Å². The van der Waals surface area contributed by atoms with Crippen LogP contribution in [0.2, 0.25) is 0 Å². The molecule has 4 fully saturated rings. The van der Waals surface area contributed by atoms with Crippen molar-refractivity contribution < 1.29 is 0 Å². The molecule has 0 aromatic carbocycles. The predicted molar refractivity (Wildman–Crippen MR) is 213 cm³/mol. The zero-order valence-corrected chi connectivity index (χ0v) is 32.5. The summed E-state index contributed by atoms with van der Waals surface area (Å²) in [6, 6.07) is 0. The molecular formula is C45H96. The Kier molecular flexibility index (Phi) is 23.2. The van der Waals surface area contributed by atoms with Crippen molar-refractivity contribution in [2.45, 2.75) is 223 Å². The molecule has 0 amide bonds. The summed E-state index contributed by atoms with van der Waals surface area (Å²) >= 11 is 0. The molecule has 0 spiro atoms. The van der Waals surface area contributed by atoms with E-state index in [-0.39, 0.29) is 22.3 Å². The molecule has 0 atom stereocenters. The highest BCUT2D eigenvalue weighted by molar-refractivity contribution is 4.97. The summed E-state index contributed by atoms with van der Waals surface area (Å²) in [6.45, 7) is 38.1. The van der Waals surface area contributed by atoms with Crippen molar-refractivity contribution in [1.82, 2.24) is 0 Å². The van der Waals surface area contributed by atoms with E-state index in [1.54, 1.807) is 0 Å². The minimum Gasteiger partial charge on any atom is -0.0776 e. The zero-order chi connectivity index (χ0) is 32.5. The van der Waals surface area contributed by atoms with Gasteiger partial charge in [-0.15, -0.1) is 0 Å². The topological polar surface area (TPSA) is 0 Å². The first-order chi connectivity index (χ1) is 19.4. The first kappa shape index (κ1) is 49.4. The van der Waals surface area contributed by atoms with Crippen LogP contribution in [0.25, 0.3) is 0 Å². The van der Waals surface area contributed by atoms with E-state index in [1.165, 1.54) is 89.9 Å². The van der Waals surface area contributed by atoms with Crippen molar-refractivity contribution in [3.63, 3.8) is 0 Å². The van der Waals surface area contributed by atoms with E-state index < -0.39 is 0 Å². The Labute approximate surface area is 291 Å². The van der Waals surface area contributed by atoms with Crippen LogP contribution >= 0.6 is 0 Å². The molecule has 0 N–H and O–H groups in total. The van der Waals surface area contributed by atoms with Gasteiger partial charge in [-0.05, 0) is 120 Å². The quantitative estimate of drug-likeness (QED) is 0.249. The van der Waals surface area contributed by atoms with Gasteiger partial charge in [0.15, 0.2) is 0 Å². The van der Waals surface area contributed by atoms with E-state index in [2.05, 4.69) is 111 Å². The van der Waals surface area contributed by atoms with Crippen LogP contribution in [0.3, 0.4) is 0 Å². The van der Waals surface area contributed by atoms with Crippen molar-refractivity contribution in [2.24, 2.45) is 69.0 Å². The summed E-state index contributed by atoms with van der Waals surface area (Å²) in [4.78, 5) is 0. The van der Waals surface area contributed by atoms with Gasteiger partial charge in [0.05, 0.1) is 0 Å². The van der Waals surface area contributed by atoms with E-state index in [0.717, 1.165) is 58.2 Å². The average molecular weight is 637 g/mol. The molecule has 0 unspecified atom stereocenters. The number of hydrogen-bond acceptors (Lipinski definition) is 0. The lowest BCUT2D eigenvalue weighted by atomic mass is 9.56. The molecule has 0 aliphatic heterocycles. The van der Waals surface area contributed by atoms with Gasteiger partial charge in [-0.3, -0.25) is 0 Å². The monoisotopic (exact) mass is 637 g/mol. The summed E-state index contributed by atoms with van der Waals surface area (Å²) < 4.78 is 0. The normalized spacial score (nSPS) is 21.9. The minimum absolute atomic E-state index is 0. The third kappa shape index (κ3) is 12.1. The maximum atomic E-state index is 2.41. The lowest BCUT2D eigenvalue weighted by Gasteiger charge is -2.49. The Balaban J connectivity index is -0.000000514. The van der Waals surface area contributed by atoms with Crippen LogP contribution in [-0.4, -0.2) is 0 Å². The van der Waals surface area contributed by atoms with E-state index in [4.69, 9.17) is 0 Å². The van der Waals surface area contributed by atoms with E-state index in [0.29, 0.717) is 10.8 Å². The molecule has 0 radical (unpaired) electrons. The SMILES string of the molecule is C.C.C.CC(C)C1(C(C)C)CC1.CC(C)C1(C(C)C)CCC1.CC(C)C1(C(C)C)CCCC1.CC(C)C1(C(C)C)CCCCC1. The van der Waals surface area contributed by atoms with E-state index >= 15 is 0 Å². The van der Waals surface area contributed by atoms with Crippen molar-refractivity contribution in [2.75, 3.05) is 0 Å². The smallest absolute Gasteiger partial charge is 0.0251 e. The van der Waals surface area contributed by atoms with Crippen LogP contribution in [0.4, 0.5) is 0 Å². The molecule has 0 aromatic rings. The molecule has 276 valence electrons. The Hall–Kier alpha value is 0. The van der Waals surface area contributed by atoms with Gasteiger partial charge in [-0.1, -0.05) is 172 Å². The first-order valence-corrected chi connectivity index (χ1v) is 19.4. The molecule has 0 aromatic heterocycles. The summed E-state index contributed by atoms with van der Waals surface area (Å²) in [5.41, 5.74) is 2.85. The van der Waals surface area contributed by atoms with Gasteiger partial charge >= 0.3 is 0 Å². The van der Waals surface area contributed by atoms with Crippen LogP contribution in [0.1, 0.15) is 223 Å². The molecule has 4 aliphatic rings. The fourth-order valence-electron chi connectivity index (χ4n) is 10.3. The summed E-state index contributed by atoms with van der Waals surface area (Å²) in [6.07, 6.45) is 20.6. The number of rotatable bonds is 8. The van der Waals surface area contributed by atoms with Crippen LogP contribution < -0.4 is 0 Å². The summed E-state index contributed by atoms with van der Waals surface area (Å²) in [7, 11) is 0. The van der Waals surface area contributed by atoms with Gasteiger partial charge in [-0.2, -0.15) is 0 Å².